The predicted molar refractivity (Wildman–Crippen MR) is 65.3 cm³/mol. The zero-order valence-corrected chi connectivity index (χ0v) is 10.6. The Labute approximate surface area is 102 Å². The molecule has 0 saturated carbocycles. The summed E-state index contributed by atoms with van der Waals surface area (Å²) in [5.74, 6) is 0.757. The monoisotopic (exact) mass is 234 g/mol. The van der Waals surface area contributed by atoms with Gasteiger partial charge < -0.3 is 9.47 Å². The van der Waals surface area contributed by atoms with E-state index in [9.17, 15) is 4.79 Å². The van der Waals surface area contributed by atoms with Gasteiger partial charge in [-0.15, -0.1) is 0 Å². The maximum Gasteiger partial charge on any atom is 0.315 e. The highest BCUT2D eigenvalue weighted by Gasteiger charge is 2.32. The zero-order valence-electron chi connectivity index (χ0n) is 10.6. The Kier molecular flexibility index (Phi) is 3.09. The summed E-state index contributed by atoms with van der Waals surface area (Å²) in [6, 6.07) is 5.94. The fourth-order valence-corrected chi connectivity index (χ4v) is 2.00. The van der Waals surface area contributed by atoms with Crippen molar-refractivity contribution in [2.45, 2.75) is 32.6 Å². The van der Waals surface area contributed by atoms with Crippen molar-refractivity contribution >= 4 is 5.97 Å². The van der Waals surface area contributed by atoms with Crippen LogP contribution in [0.1, 0.15) is 31.9 Å². The average molecular weight is 234 g/mol. The van der Waals surface area contributed by atoms with Crippen molar-refractivity contribution in [3.8, 4) is 5.75 Å². The minimum Gasteiger partial charge on any atom is -0.493 e. The molecular formula is C14H18O3. The molecule has 0 amide bonds. The summed E-state index contributed by atoms with van der Waals surface area (Å²) in [4.78, 5) is 11.9. The molecule has 1 heterocycles. The summed E-state index contributed by atoms with van der Waals surface area (Å²) in [6.45, 7) is 6.75. The van der Waals surface area contributed by atoms with E-state index in [1.807, 2.05) is 32.9 Å². The van der Waals surface area contributed by atoms with Crippen LogP contribution in [0.25, 0.3) is 0 Å². The van der Waals surface area contributed by atoms with Crippen LogP contribution in [0.2, 0.25) is 0 Å². The lowest BCUT2D eigenvalue weighted by molar-refractivity contribution is -0.148. The summed E-state index contributed by atoms with van der Waals surface area (Å²) in [7, 11) is 0. The van der Waals surface area contributed by atoms with Crippen molar-refractivity contribution < 1.29 is 14.3 Å². The number of ether oxygens (including phenoxy) is 2. The number of fused-ring (bicyclic) bond motifs is 1. The van der Waals surface area contributed by atoms with Gasteiger partial charge in [-0.1, -0.05) is 12.1 Å². The molecule has 0 aromatic heterocycles. The van der Waals surface area contributed by atoms with Crippen molar-refractivity contribution in [3.05, 3.63) is 29.3 Å². The molecule has 0 aliphatic carbocycles. The number of carbonyl (C=O) groups is 1. The Balaban J connectivity index is 2.30. The average Bonchev–Trinajstić information content (AvgIpc) is 2.76. The van der Waals surface area contributed by atoms with Gasteiger partial charge in [0.1, 0.15) is 5.75 Å². The number of hydrogen-bond donors (Lipinski definition) is 0. The molecule has 3 heteroatoms. The molecule has 17 heavy (non-hydrogen) atoms. The van der Waals surface area contributed by atoms with Crippen LogP contribution in [0.4, 0.5) is 0 Å². The highest BCUT2D eigenvalue weighted by atomic mass is 16.5. The summed E-state index contributed by atoms with van der Waals surface area (Å²) in [6.07, 6.45) is 0.919. The van der Waals surface area contributed by atoms with E-state index in [-0.39, 0.29) is 5.97 Å². The van der Waals surface area contributed by atoms with Crippen molar-refractivity contribution in [1.82, 2.24) is 0 Å². The maximum atomic E-state index is 11.9. The Hall–Kier alpha value is -1.51. The number of carbonyl (C=O) groups excluding carboxylic acids is 1. The van der Waals surface area contributed by atoms with Crippen molar-refractivity contribution in [3.63, 3.8) is 0 Å². The van der Waals surface area contributed by atoms with Gasteiger partial charge in [0.15, 0.2) is 0 Å². The lowest BCUT2D eigenvalue weighted by Crippen LogP contribution is -2.31. The van der Waals surface area contributed by atoms with Gasteiger partial charge in [-0.2, -0.15) is 0 Å². The molecule has 0 N–H and O–H groups in total. The number of rotatable bonds is 3. The first kappa shape index (κ1) is 12.0. The number of hydrogen-bond acceptors (Lipinski definition) is 3. The van der Waals surface area contributed by atoms with Gasteiger partial charge >= 0.3 is 5.97 Å². The van der Waals surface area contributed by atoms with E-state index in [4.69, 9.17) is 9.47 Å². The van der Waals surface area contributed by atoms with Crippen LogP contribution < -0.4 is 4.74 Å². The Morgan fingerprint density at radius 1 is 1.47 bits per heavy atom. The van der Waals surface area contributed by atoms with Crippen LogP contribution in [0.5, 0.6) is 5.75 Å². The van der Waals surface area contributed by atoms with Gasteiger partial charge in [0.25, 0.3) is 0 Å². The van der Waals surface area contributed by atoms with E-state index in [0.717, 1.165) is 24.3 Å². The smallest absolute Gasteiger partial charge is 0.315 e. The van der Waals surface area contributed by atoms with Crippen LogP contribution in [-0.4, -0.2) is 19.2 Å². The summed E-state index contributed by atoms with van der Waals surface area (Å²) in [5.41, 5.74) is 1.56. The third kappa shape index (κ3) is 2.14. The Morgan fingerprint density at radius 2 is 2.24 bits per heavy atom. The van der Waals surface area contributed by atoms with E-state index >= 15 is 0 Å². The predicted octanol–water partition coefficient (Wildman–Crippen LogP) is 2.46. The molecule has 1 aliphatic rings. The summed E-state index contributed by atoms with van der Waals surface area (Å²) in [5, 5.41) is 0. The zero-order chi connectivity index (χ0) is 12.5. The number of esters is 1. The Bertz CT molecular complexity index is 435. The van der Waals surface area contributed by atoms with E-state index < -0.39 is 5.41 Å². The van der Waals surface area contributed by atoms with Gasteiger partial charge in [-0.25, -0.2) is 0 Å². The quantitative estimate of drug-likeness (QED) is 0.754. The summed E-state index contributed by atoms with van der Waals surface area (Å²) >= 11 is 0. The standard InChI is InChI=1S/C14H18O3/c1-4-16-13(15)14(2,3)11-5-6-12-10(9-11)7-8-17-12/h5-6,9H,4,7-8H2,1-3H3. The highest BCUT2D eigenvalue weighted by Crippen LogP contribution is 2.32. The third-order valence-corrected chi connectivity index (χ3v) is 3.20. The second-order valence-electron chi connectivity index (χ2n) is 4.77. The lowest BCUT2D eigenvalue weighted by Gasteiger charge is -2.23. The molecule has 0 unspecified atom stereocenters. The molecular weight excluding hydrogens is 216 g/mol. The second-order valence-corrected chi connectivity index (χ2v) is 4.77. The van der Waals surface area contributed by atoms with E-state index in [1.54, 1.807) is 0 Å². The molecule has 0 bridgehead atoms. The molecule has 0 spiro atoms. The van der Waals surface area contributed by atoms with Crippen LogP contribution in [0.3, 0.4) is 0 Å². The SMILES string of the molecule is CCOC(=O)C(C)(C)c1ccc2c(c1)CCO2. The fraction of sp³-hybridized carbons (Fsp3) is 0.500. The minimum atomic E-state index is -0.604. The van der Waals surface area contributed by atoms with Crippen molar-refractivity contribution in [1.29, 1.82) is 0 Å². The van der Waals surface area contributed by atoms with Crippen LogP contribution in [-0.2, 0) is 21.4 Å². The van der Waals surface area contributed by atoms with E-state index in [2.05, 4.69) is 6.07 Å². The minimum absolute atomic E-state index is 0.182. The summed E-state index contributed by atoms with van der Waals surface area (Å²) < 4.78 is 10.6. The third-order valence-electron chi connectivity index (χ3n) is 3.20. The van der Waals surface area contributed by atoms with Crippen LogP contribution >= 0.6 is 0 Å². The molecule has 3 nitrogen and oxygen atoms in total. The van der Waals surface area contributed by atoms with Crippen LogP contribution in [0, 0.1) is 0 Å². The first-order chi connectivity index (χ1) is 8.05. The van der Waals surface area contributed by atoms with E-state index in [0.29, 0.717) is 6.61 Å². The second kappa shape index (κ2) is 4.40. The molecule has 0 fully saturated rings. The number of benzene rings is 1. The first-order valence-electron chi connectivity index (χ1n) is 5.99. The topological polar surface area (TPSA) is 35.5 Å². The molecule has 92 valence electrons. The molecule has 1 aromatic carbocycles. The van der Waals surface area contributed by atoms with E-state index in [1.165, 1.54) is 5.56 Å². The van der Waals surface area contributed by atoms with Crippen molar-refractivity contribution in [2.75, 3.05) is 13.2 Å². The largest absolute Gasteiger partial charge is 0.493 e. The van der Waals surface area contributed by atoms with Crippen LogP contribution in [0.15, 0.2) is 18.2 Å². The first-order valence-corrected chi connectivity index (χ1v) is 5.99. The maximum absolute atomic E-state index is 11.9. The van der Waals surface area contributed by atoms with Gasteiger partial charge in [0.05, 0.1) is 18.6 Å². The Morgan fingerprint density at radius 3 is 2.94 bits per heavy atom. The lowest BCUT2D eigenvalue weighted by atomic mass is 9.83. The van der Waals surface area contributed by atoms with Gasteiger partial charge in [0.2, 0.25) is 0 Å². The van der Waals surface area contributed by atoms with Gasteiger partial charge in [-0.3, -0.25) is 4.79 Å². The van der Waals surface area contributed by atoms with Gasteiger partial charge in [0, 0.05) is 6.42 Å². The highest BCUT2D eigenvalue weighted by molar-refractivity contribution is 5.82. The fourth-order valence-electron chi connectivity index (χ4n) is 2.00. The van der Waals surface area contributed by atoms with Gasteiger partial charge in [-0.05, 0) is 38.0 Å². The molecule has 1 aliphatic heterocycles. The molecule has 1 aromatic rings. The molecule has 0 atom stereocenters. The van der Waals surface area contributed by atoms with Crippen molar-refractivity contribution in [2.24, 2.45) is 0 Å². The molecule has 2 rings (SSSR count). The molecule has 0 radical (unpaired) electrons. The molecule has 0 saturated heterocycles. The normalized spacial score (nSPS) is 14.1.